The van der Waals surface area contributed by atoms with Gasteiger partial charge in [-0.3, -0.25) is 10.1 Å². The number of hydrogen-bond donors (Lipinski definition) is 1. The maximum absolute atomic E-state index is 12.8. The third-order valence-electron chi connectivity index (χ3n) is 4.54. The average molecular weight is 407 g/mol. The summed E-state index contributed by atoms with van der Waals surface area (Å²) in [6, 6.07) is 17.2. The second-order valence-corrected chi connectivity index (χ2v) is 7.08. The molecule has 0 saturated carbocycles. The van der Waals surface area contributed by atoms with E-state index < -0.39 is 0 Å². The van der Waals surface area contributed by atoms with E-state index in [1.165, 1.54) is 0 Å². The Hall–Kier alpha value is -3.45. The normalized spacial score (nSPS) is 10.9. The molecule has 0 spiro atoms. The smallest absolute Gasteiger partial charge is 0.261 e. The van der Waals surface area contributed by atoms with Crippen molar-refractivity contribution in [2.24, 2.45) is 0 Å². The van der Waals surface area contributed by atoms with Gasteiger partial charge in [-0.2, -0.15) is 5.10 Å². The summed E-state index contributed by atoms with van der Waals surface area (Å²) < 4.78 is 3.42. The fourth-order valence-corrected chi connectivity index (χ4v) is 3.29. The number of aryl methyl sites for hydroxylation is 1. The zero-order valence-corrected chi connectivity index (χ0v) is 16.8. The van der Waals surface area contributed by atoms with Crippen molar-refractivity contribution in [3.05, 3.63) is 88.5 Å². The summed E-state index contributed by atoms with van der Waals surface area (Å²) in [5.41, 5.74) is 3.85. The van der Waals surface area contributed by atoms with Crippen LogP contribution < -0.4 is 5.32 Å². The molecule has 0 radical (unpaired) electrons. The van der Waals surface area contributed by atoms with Gasteiger partial charge < -0.3 is 0 Å². The summed E-state index contributed by atoms with van der Waals surface area (Å²) in [6.45, 7) is 4.21. The predicted molar refractivity (Wildman–Crippen MR) is 112 cm³/mol. The fraction of sp³-hybridized carbons (Fsp3) is 0.143. The van der Waals surface area contributed by atoms with E-state index in [2.05, 4.69) is 20.5 Å². The first-order chi connectivity index (χ1) is 14.0. The third-order valence-corrected chi connectivity index (χ3v) is 4.79. The molecule has 0 aliphatic heterocycles. The molecule has 0 bridgehead atoms. The van der Waals surface area contributed by atoms with Crippen molar-refractivity contribution in [1.82, 2.24) is 24.5 Å². The second-order valence-electron chi connectivity index (χ2n) is 6.64. The largest absolute Gasteiger partial charge is 0.289 e. The Labute approximate surface area is 173 Å². The molecule has 0 saturated heterocycles. The van der Waals surface area contributed by atoms with Gasteiger partial charge >= 0.3 is 0 Å². The summed E-state index contributed by atoms with van der Waals surface area (Å²) in [4.78, 5) is 17.0. The molecule has 2 aromatic carbocycles. The van der Waals surface area contributed by atoms with Crippen LogP contribution in [0.3, 0.4) is 0 Å². The number of anilines is 1. The molecule has 7 nitrogen and oxygen atoms in total. The Kier molecular flexibility index (Phi) is 5.14. The number of carbonyl (C=O) groups excluding carboxylic acids is 1. The van der Waals surface area contributed by atoms with Crippen LogP contribution in [0.25, 0.3) is 5.69 Å². The van der Waals surface area contributed by atoms with Gasteiger partial charge in [0.1, 0.15) is 6.33 Å². The Morgan fingerprint density at radius 3 is 2.48 bits per heavy atom. The van der Waals surface area contributed by atoms with E-state index in [1.807, 2.05) is 68.4 Å². The van der Waals surface area contributed by atoms with Crippen LogP contribution in [0.2, 0.25) is 5.02 Å². The van der Waals surface area contributed by atoms with Gasteiger partial charge in [-0.05, 0) is 43.7 Å². The standard InChI is InChI=1S/C21H19ClN6O/c1-14-19(15(2)28(25-14)18-6-4-3-5-7-18)20(29)24-21-23-13-27(26-21)12-16-8-10-17(22)11-9-16/h3-11,13H,12H2,1-2H3,(H,24,26,29). The zero-order valence-electron chi connectivity index (χ0n) is 16.0. The van der Waals surface area contributed by atoms with Gasteiger partial charge in [-0.25, -0.2) is 14.3 Å². The highest BCUT2D eigenvalue weighted by molar-refractivity contribution is 6.30. The molecule has 146 valence electrons. The Bertz CT molecular complexity index is 1150. The van der Waals surface area contributed by atoms with Crippen LogP contribution in [0.15, 0.2) is 60.9 Å². The van der Waals surface area contributed by atoms with E-state index in [9.17, 15) is 4.79 Å². The first-order valence-corrected chi connectivity index (χ1v) is 9.46. The molecule has 0 aliphatic carbocycles. The van der Waals surface area contributed by atoms with Crippen LogP contribution in [-0.2, 0) is 6.54 Å². The first kappa shape index (κ1) is 18.9. The van der Waals surface area contributed by atoms with Crippen molar-refractivity contribution in [3.8, 4) is 5.69 Å². The number of amides is 1. The number of rotatable bonds is 5. The van der Waals surface area contributed by atoms with Gasteiger partial charge in [0.15, 0.2) is 0 Å². The fourth-order valence-electron chi connectivity index (χ4n) is 3.16. The molecule has 1 amide bonds. The summed E-state index contributed by atoms with van der Waals surface area (Å²) in [6.07, 6.45) is 1.58. The summed E-state index contributed by atoms with van der Waals surface area (Å²) in [5.74, 6) is -0.0401. The second kappa shape index (κ2) is 7.89. The van der Waals surface area contributed by atoms with Crippen molar-refractivity contribution in [2.75, 3.05) is 5.32 Å². The number of hydrogen-bond acceptors (Lipinski definition) is 4. The minimum absolute atomic E-state index is 0.246. The van der Waals surface area contributed by atoms with E-state index in [1.54, 1.807) is 15.7 Å². The Balaban J connectivity index is 1.51. The maximum atomic E-state index is 12.8. The topological polar surface area (TPSA) is 77.6 Å². The molecule has 1 N–H and O–H groups in total. The lowest BCUT2D eigenvalue weighted by molar-refractivity contribution is 0.102. The van der Waals surface area contributed by atoms with E-state index in [0.29, 0.717) is 22.8 Å². The summed E-state index contributed by atoms with van der Waals surface area (Å²) >= 11 is 5.91. The Morgan fingerprint density at radius 2 is 1.76 bits per heavy atom. The highest BCUT2D eigenvalue weighted by Crippen LogP contribution is 2.19. The van der Waals surface area contributed by atoms with E-state index in [-0.39, 0.29) is 11.9 Å². The minimum atomic E-state index is -0.286. The molecule has 0 unspecified atom stereocenters. The van der Waals surface area contributed by atoms with E-state index >= 15 is 0 Å². The molecular weight excluding hydrogens is 388 g/mol. The highest BCUT2D eigenvalue weighted by Gasteiger charge is 2.20. The molecule has 29 heavy (non-hydrogen) atoms. The van der Waals surface area contributed by atoms with Crippen LogP contribution in [0.4, 0.5) is 5.95 Å². The summed E-state index contributed by atoms with van der Waals surface area (Å²) in [7, 11) is 0. The monoisotopic (exact) mass is 406 g/mol. The van der Waals surface area contributed by atoms with Crippen molar-refractivity contribution in [1.29, 1.82) is 0 Å². The molecule has 2 heterocycles. The highest BCUT2D eigenvalue weighted by atomic mass is 35.5. The molecule has 0 fully saturated rings. The molecule has 0 aliphatic rings. The number of nitrogens with one attached hydrogen (secondary N) is 1. The minimum Gasteiger partial charge on any atom is -0.289 e. The predicted octanol–water partition coefficient (Wildman–Crippen LogP) is 4.03. The van der Waals surface area contributed by atoms with Gasteiger partial charge in [0, 0.05) is 5.02 Å². The average Bonchev–Trinajstić information content (AvgIpc) is 3.27. The number of halogens is 1. The SMILES string of the molecule is Cc1nn(-c2ccccc2)c(C)c1C(=O)Nc1ncn(Cc2ccc(Cl)cc2)n1. The number of aromatic nitrogens is 5. The van der Waals surface area contributed by atoms with Gasteiger partial charge in [-0.15, -0.1) is 5.10 Å². The zero-order chi connectivity index (χ0) is 20.4. The van der Waals surface area contributed by atoms with Crippen molar-refractivity contribution >= 4 is 23.5 Å². The van der Waals surface area contributed by atoms with Crippen LogP contribution in [-0.4, -0.2) is 30.5 Å². The lowest BCUT2D eigenvalue weighted by atomic mass is 10.2. The van der Waals surface area contributed by atoms with Crippen LogP contribution in [0, 0.1) is 13.8 Å². The lowest BCUT2D eigenvalue weighted by Gasteiger charge is -2.05. The van der Waals surface area contributed by atoms with Crippen LogP contribution in [0.1, 0.15) is 27.3 Å². The van der Waals surface area contributed by atoms with Crippen molar-refractivity contribution < 1.29 is 4.79 Å². The van der Waals surface area contributed by atoms with Crippen molar-refractivity contribution in [3.63, 3.8) is 0 Å². The number of carbonyl (C=O) groups is 1. The number of para-hydroxylation sites is 1. The quantitative estimate of drug-likeness (QED) is 0.542. The van der Waals surface area contributed by atoms with Crippen LogP contribution in [0.5, 0.6) is 0 Å². The Morgan fingerprint density at radius 1 is 1.03 bits per heavy atom. The van der Waals surface area contributed by atoms with E-state index in [0.717, 1.165) is 16.9 Å². The van der Waals surface area contributed by atoms with Gasteiger partial charge in [0.25, 0.3) is 5.91 Å². The van der Waals surface area contributed by atoms with Crippen LogP contribution >= 0.6 is 11.6 Å². The third kappa shape index (κ3) is 4.05. The van der Waals surface area contributed by atoms with E-state index in [4.69, 9.17) is 11.6 Å². The number of benzene rings is 2. The van der Waals surface area contributed by atoms with Crippen molar-refractivity contribution in [2.45, 2.75) is 20.4 Å². The molecular formula is C21H19ClN6O. The molecule has 0 atom stereocenters. The van der Waals surface area contributed by atoms with Gasteiger partial charge in [-0.1, -0.05) is 41.9 Å². The van der Waals surface area contributed by atoms with Gasteiger partial charge in [0.2, 0.25) is 5.95 Å². The lowest BCUT2D eigenvalue weighted by Crippen LogP contribution is -2.15. The molecule has 2 aromatic heterocycles. The van der Waals surface area contributed by atoms with Gasteiger partial charge in [0.05, 0.1) is 29.2 Å². The molecule has 4 rings (SSSR count). The number of nitrogens with zero attached hydrogens (tertiary/aromatic N) is 5. The molecule has 4 aromatic rings. The molecule has 8 heteroatoms. The first-order valence-electron chi connectivity index (χ1n) is 9.08. The summed E-state index contributed by atoms with van der Waals surface area (Å²) in [5, 5.41) is 12.3. The maximum Gasteiger partial charge on any atom is 0.261 e.